The van der Waals surface area contributed by atoms with Gasteiger partial charge in [-0.25, -0.2) is 9.59 Å². The zero-order valence-corrected chi connectivity index (χ0v) is 16.2. The first-order chi connectivity index (χ1) is 11.7. The molecule has 0 atom stereocenters. The maximum atomic E-state index is 12.0. The van der Waals surface area contributed by atoms with E-state index in [1.54, 1.807) is 18.9 Å². The van der Waals surface area contributed by atoms with Crippen LogP contribution >= 0.6 is 11.3 Å². The maximum absolute atomic E-state index is 12.0. The largest absolute Gasteiger partial charge is 0.493 e. The lowest BCUT2D eigenvalue weighted by Crippen LogP contribution is -2.33. The van der Waals surface area contributed by atoms with Crippen LogP contribution < -0.4 is 10.1 Å². The number of hydrogen-bond acceptors (Lipinski definition) is 6. The number of nitrogens with zero attached hydrogens (tertiary/aromatic N) is 1. The van der Waals surface area contributed by atoms with Gasteiger partial charge in [-0.2, -0.15) is 0 Å². The van der Waals surface area contributed by atoms with Gasteiger partial charge in [-0.15, -0.1) is 11.3 Å². The van der Waals surface area contributed by atoms with E-state index in [0.29, 0.717) is 43.3 Å². The number of methoxy groups -OCH3 is 1. The highest BCUT2D eigenvalue weighted by Crippen LogP contribution is 2.42. The summed E-state index contributed by atoms with van der Waals surface area (Å²) in [6, 6.07) is 0. The number of rotatable bonds is 3. The van der Waals surface area contributed by atoms with Gasteiger partial charge in [-0.05, 0) is 34.1 Å². The van der Waals surface area contributed by atoms with Crippen molar-refractivity contribution in [1.82, 2.24) is 4.90 Å². The Morgan fingerprint density at radius 3 is 2.52 bits per heavy atom. The summed E-state index contributed by atoms with van der Waals surface area (Å²) >= 11 is 1.47. The van der Waals surface area contributed by atoms with Crippen LogP contribution in [0, 0.1) is 0 Å². The van der Waals surface area contributed by atoms with E-state index in [-0.39, 0.29) is 6.09 Å². The number of anilines is 1. The Bertz CT molecular complexity index is 636. The minimum Gasteiger partial charge on any atom is -0.493 e. The van der Waals surface area contributed by atoms with Gasteiger partial charge < -0.3 is 19.1 Å². The van der Waals surface area contributed by atoms with Gasteiger partial charge in [0.25, 0.3) is 0 Å². The summed E-state index contributed by atoms with van der Waals surface area (Å²) in [6.07, 6.45) is 0.564. The monoisotopic (exact) mass is 370 g/mol. The highest BCUT2D eigenvalue weighted by atomic mass is 32.1. The molecule has 0 aromatic carbocycles. The second kappa shape index (κ2) is 7.95. The average molecular weight is 370 g/mol. The second-order valence-corrected chi connectivity index (χ2v) is 7.78. The van der Waals surface area contributed by atoms with Crippen molar-refractivity contribution < 1.29 is 23.8 Å². The SMILES string of the molecule is CCOC(=O)N1CCc2sc(NC(=O)OC(C)(C)C)c(OC)c2CC1. The van der Waals surface area contributed by atoms with E-state index in [9.17, 15) is 9.59 Å². The van der Waals surface area contributed by atoms with E-state index in [1.807, 2.05) is 20.8 Å². The van der Waals surface area contributed by atoms with Crippen LogP contribution in [0.2, 0.25) is 0 Å². The predicted molar refractivity (Wildman–Crippen MR) is 96.7 cm³/mol. The van der Waals surface area contributed by atoms with Crippen molar-refractivity contribution in [3.8, 4) is 5.75 Å². The van der Waals surface area contributed by atoms with Gasteiger partial charge in [0.1, 0.15) is 10.6 Å². The van der Waals surface area contributed by atoms with Crippen molar-refractivity contribution in [2.45, 2.75) is 46.1 Å². The van der Waals surface area contributed by atoms with Crippen molar-refractivity contribution >= 4 is 28.5 Å². The number of fused-ring (bicyclic) bond motifs is 1. The van der Waals surface area contributed by atoms with Crippen LogP contribution in [0.15, 0.2) is 0 Å². The van der Waals surface area contributed by atoms with Gasteiger partial charge >= 0.3 is 12.2 Å². The van der Waals surface area contributed by atoms with Crippen molar-refractivity contribution in [2.75, 3.05) is 32.1 Å². The molecule has 0 spiro atoms. The lowest BCUT2D eigenvalue weighted by molar-refractivity contribution is 0.0636. The molecule has 1 N–H and O–H groups in total. The van der Waals surface area contributed by atoms with Crippen LogP contribution in [0.1, 0.15) is 38.1 Å². The van der Waals surface area contributed by atoms with Gasteiger partial charge in [0.05, 0.1) is 13.7 Å². The summed E-state index contributed by atoms with van der Waals surface area (Å²) < 4.78 is 15.9. The van der Waals surface area contributed by atoms with Gasteiger partial charge in [-0.1, -0.05) is 0 Å². The molecule has 0 fully saturated rings. The fraction of sp³-hybridized carbons (Fsp3) is 0.647. The summed E-state index contributed by atoms with van der Waals surface area (Å²) in [6.45, 7) is 8.76. The molecule has 2 rings (SSSR count). The van der Waals surface area contributed by atoms with Gasteiger partial charge in [0.2, 0.25) is 0 Å². The van der Waals surface area contributed by atoms with Crippen molar-refractivity contribution in [3.63, 3.8) is 0 Å². The maximum Gasteiger partial charge on any atom is 0.412 e. The summed E-state index contributed by atoms with van der Waals surface area (Å²) in [5.74, 6) is 0.650. The first-order valence-electron chi connectivity index (χ1n) is 8.35. The fourth-order valence-electron chi connectivity index (χ4n) is 2.64. The molecule has 0 bridgehead atoms. The van der Waals surface area contributed by atoms with Crippen LogP contribution in [0.3, 0.4) is 0 Å². The van der Waals surface area contributed by atoms with Crippen LogP contribution in [-0.4, -0.2) is 49.5 Å². The van der Waals surface area contributed by atoms with E-state index in [2.05, 4.69) is 5.32 Å². The molecule has 7 nitrogen and oxygen atoms in total. The van der Waals surface area contributed by atoms with Crippen LogP contribution in [0.5, 0.6) is 5.75 Å². The smallest absolute Gasteiger partial charge is 0.412 e. The predicted octanol–water partition coefficient (Wildman–Crippen LogP) is 3.66. The summed E-state index contributed by atoms with van der Waals surface area (Å²) in [7, 11) is 1.58. The fourth-order valence-corrected chi connectivity index (χ4v) is 3.83. The molecule has 1 aromatic rings. The third-order valence-corrected chi connectivity index (χ3v) is 4.82. The first-order valence-corrected chi connectivity index (χ1v) is 9.17. The Morgan fingerprint density at radius 2 is 1.92 bits per heavy atom. The Hall–Kier alpha value is -1.96. The van der Waals surface area contributed by atoms with E-state index in [4.69, 9.17) is 14.2 Å². The normalized spacial score (nSPS) is 14.4. The van der Waals surface area contributed by atoms with Crippen molar-refractivity contribution in [2.24, 2.45) is 0 Å². The number of hydrogen-bond donors (Lipinski definition) is 1. The van der Waals surface area contributed by atoms with Crippen molar-refractivity contribution in [1.29, 1.82) is 0 Å². The highest BCUT2D eigenvalue weighted by Gasteiger charge is 2.27. The van der Waals surface area contributed by atoms with E-state index < -0.39 is 11.7 Å². The quantitative estimate of drug-likeness (QED) is 0.879. The van der Waals surface area contributed by atoms with E-state index in [1.165, 1.54) is 11.3 Å². The Morgan fingerprint density at radius 1 is 1.24 bits per heavy atom. The number of amides is 2. The minimum absolute atomic E-state index is 0.288. The first kappa shape index (κ1) is 19.4. The molecule has 0 radical (unpaired) electrons. The number of carbonyl (C=O) groups is 2. The number of thiophene rings is 1. The number of ether oxygens (including phenoxy) is 3. The highest BCUT2D eigenvalue weighted by molar-refractivity contribution is 7.16. The van der Waals surface area contributed by atoms with Crippen LogP contribution in [0.25, 0.3) is 0 Å². The van der Waals surface area contributed by atoms with Crippen LogP contribution in [-0.2, 0) is 22.3 Å². The van der Waals surface area contributed by atoms with E-state index >= 15 is 0 Å². The van der Waals surface area contributed by atoms with Crippen LogP contribution in [0.4, 0.5) is 14.6 Å². The zero-order chi connectivity index (χ0) is 18.6. The number of nitrogens with one attached hydrogen (secondary N) is 1. The topological polar surface area (TPSA) is 77.1 Å². The number of carbonyl (C=O) groups excluding carboxylic acids is 2. The summed E-state index contributed by atoms with van der Waals surface area (Å²) in [4.78, 5) is 26.8. The molecule has 25 heavy (non-hydrogen) atoms. The molecular formula is C17H26N2O5S. The zero-order valence-electron chi connectivity index (χ0n) is 15.4. The lowest BCUT2D eigenvalue weighted by Gasteiger charge is -2.20. The molecule has 2 heterocycles. The molecule has 1 aliphatic heterocycles. The molecule has 0 unspecified atom stereocenters. The van der Waals surface area contributed by atoms with Gasteiger partial charge in [-0.3, -0.25) is 5.32 Å². The molecule has 1 aliphatic rings. The molecule has 0 saturated heterocycles. The van der Waals surface area contributed by atoms with Crippen molar-refractivity contribution in [3.05, 3.63) is 10.4 Å². The molecule has 0 aliphatic carbocycles. The molecule has 1 aromatic heterocycles. The lowest BCUT2D eigenvalue weighted by atomic mass is 10.1. The molecular weight excluding hydrogens is 344 g/mol. The minimum atomic E-state index is -0.564. The summed E-state index contributed by atoms with van der Waals surface area (Å²) in [5.41, 5.74) is 0.469. The molecule has 8 heteroatoms. The van der Waals surface area contributed by atoms with Gasteiger partial charge in [0, 0.05) is 30.0 Å². The third-order valence-electron chi connectivity index (χ3n) is 3.63. The molecule has 0 saturated carbocycles. The Balaban J connectivity index is 2.13. The van der Waals surface area contributed by atoms with Gasteiger partial charge in [0.15, 0.2) is 5.75 Å². The second-order valence-electron chi connectivity index (χ2n) is 6.68. The molecule has 140 valence electrons. The summed E-state index contributed by atoms with van der Waals surface area (Å²) in [5, 5.41) is 3.42. The average Bonchev–Trinajstić information content (AvgIpc) is 2.68. The third kappa shape index (κ3) is 5.01. The molecule has 2 amide bonds. The Kier molecular flexibility index (Phi) is 6.16. The Labute approximate surface area is 152 Å². The standard InChI is InChI=1S/C17H26N2O5S/c1-6-23-16(21)19-9-7-11-12(8-10-19)25-14(13(11)22-5)18-15(20)24-17(2,3)4/h6-10H2,1-5H3,(H,18,20). The van der Waals surface area contributed by atoms with E-state index in [0.717, 1.165) is 10.4 Å².